The minimum absolute atomic E-state index is 0.0186. The molecule has 0 aliphatic carbocycles. The SMILES string of the molecule is CNc1nccc(-c2ccccc2Oc2ccc([N+](=O)[O-])cc2)n1. The van der Waals surface area contributed by atoms with E-state index in [1.54, 1.807) is 31.4 Å². The van der Waals surface area contributed by atoms with Crippen LogP contribution in [-0.2, 0) is 0 Å². The number of nitrogens with zero attached hydrogens (tertiary/aromatic N) is 3. The first-order valence-electron chi connectivity index (χ1n) is 7.20. The van der Waals surface area contributed by atoms with Gasteiger partial charge in [-0.1, -0.05) is 12.1 Å². The van der Waals surface area contributed by atoms with Crippen LogP contribution < -0.4 is 10.1 Å². The number of anilines is 1. The zero-order chi connectivity index (χ0) is 16.9. The molecule has 0 bridgehead atoms. The summed E-state index contributed by atoms with van der Waals surface area (Å²) in [6.07, 6.45) is 1.66. The number of nitro benzene ring substituents is 1. The van der Waals surface area contributed by atoms with Gasteiger partial charge >= 0.3 is 0 Å². The van der Waals surface area contributed by atoms with Crippen LogP contribution in [0, 0.1) is 10.1 Å². The van der Waals surface area contributed by atoms with E-state index in [9.17, 15) is 10.1 Å². The topological polar surface area (TPSA) is 90.2 Å². The third kappa shape index (κ3) is 3.30. The van der Waals surface area contributed by atoms with Gasteiger partial charge in [-0.15, -0.1) is 0 Å². The van der Waals surface area contributed by atoms with Gasteiger partial charge in [0.05, 0.1) is 10.6 Å². The van der Waals surface area contributed by atoms with Gasteiger partial charge < -0.3 is 10.1 Å². The molecule has 3 aromatic rings. The van der Waals surface area contributed by atoms with Gasteiger partial charge in [-0.2, -0.15) is 0 Å². The molecule has 0 aliphatic heterocycles. The van der Waals surface area contributed by atoms with Crippen LogP contribution in [0.1, 0.15) is 0 Å². The lowest BCUT2D eigenvalue weighted by Gasteiger charge is -2.11. The minimum Gasteiger partial charge on any atom is -0.457 e. The van der Waals surface area contributed by atoms with Crippen LogP contribution in [0.5, 0.6) is 11.5 Å². The maximum atomic E-state index is 10.7. The highest BCUT2D eigenvalue weighted by molar-refractivity contribution is 5.68. The van der Waals surface area contributed by atoms with Gasteiger partial charge in [0.15, 0.2) is 0 Å². The van der Waals surface area contributed by atoms with Crippen molar-refractivity contribution in [3.8, 4) is 22.8 Å². The quantitative estimate of drug-likeness (QED) is 0.566. The maximum Gasteiger partial charge on any atom is 0.269 e. The number of para-hydroxylation sites is 1. The van der Waals surface area contributed by atoms with Gasteiger partial charge in [0, 0.05) is 30.9 Å². The summed E-state index contributed by atoms with van der Waals surface area (Å²) in [5, 5.41) is 13.6. The van der Waals surface area contributed by atoms with Crippen molar-refractivity contribution in [2.75, 3.05) is 12.4 Å². The van der Waals surface area contributed by atoms with Crippen molar-refractivity contribution in [1.29, 1.82) is 0 Å². The monoisotopic (exact) mass is 322 g/mol. The van der Waals surface area contributed by atoms with Gasteiger partial charge in [-0.3, -0.25) is 10.1 Å². The van der Waals surface area contributed by atoms with E-state index < -0.39 is 4.92 Å². The minimum atomic E-state index is -0.447. The fraction of sp³-hybridized carbons (Fsp3) is 0.0588. The van der Waals surface area contributed by atoms with Crippen molar-refractivity contribution in [1.82, 2.24) is 9.97 Å². The van der Waals surface area contributed by atoms with E-state index in [1.807, 2.05) is 24.3 Å². The number of aromatic nitrogens is 2. The van der Waals surface area contributed by atoms with E-state index >= 15 is 0 Å². The number of rotatable bonds is 5. The molecule has 0 aliphatic rings. The number of hydrogen-bond acceptors (Lipinski definition) is 6. The third-order valence-electron chi connectivity index (χ3n) is 3.32. The van der Waals surface area contributed by atoms with Gasteiger partial charge in [0.25, 0.3) is 5.69 Å². The molecular weight excluding hydrogens is 308 g/mol. The van der Waals surface area contributed by atoms with Gasteiger partial charge in [0.1, 0.15) is 11.5 Å². The van der Waals surface area contributed by atoms with Crippen LogP contribution in [0.4, 0.5) is 11.6 Å². The van der Waals surface area contributed by atoms with Gasteiger partial charge in [-0.05, 0) is 30.3 Å². The Bertz CT molecular complexity index is 866. The van der Waals surface area contributed by atoms with E-state index in [2.05, 4.69) is 15.3 Å². The van der Waals surface area contributed by atoms with Gasteiger partial charge in [0.2, 0.25) is 5.95 Å². The summed E-state index contributed by atoms with van der Waals surface area (Å²) in [5.74, 6) is 1.63. The van der Waals surface area contributed by atoms with E-state index in [0.717, 1.165) is 5.56 Å². The Kier molecular flexibility index (Phi) is 4.33. The standard InChI is InChI=1S/C17H14N4O3/c1-18-17-19-11-10-15(20-17)14-4-2-3-5-16(14)24-13-8-6-12(7-9-13)21(22)23/h2-11H,1H3,(H,18,19,20). The zero-order valence-electron chi connectivity index (χ0n) is 12.8. The lowest BCUT2D eigenvalue weighted by atomic mass is 10.1. The second-order valence-corrected chi connectivity index (χ2v) is 4.86. The van der Waals surface area contributed by atoms with Crippen molar-refractivity contribution in [3.63, 3.8) is 0 Å². The fourth-order valence-electron chi connectivity index (χ4n) is 2.16. The molecule has 1 N–H and O–H groups in total. The lowest BCUT2D eigenvalue weighted by molar-refractivity contribution is -0.384. The summed E-state index contributed by atoms with van der Waals surface area (Å²) in [7, 11) is 1.75. The maximum absolute atomic E-state index is 10.7. The van der Waals surface area contributed by atoms with E-state index in [1.165, 1.54) is 12.1 Å². The second kappa shape index (κ2) is 6.74. The first-order valence-corrected chi connectivity index (χ1v) is 7.20. The Hall–Kier alpha value is -3.48. The molecule has 7 heteroatoms. The average molecular weight is 322 g/mol. The Morgan fingerprint density at radius 2 is 1.83 bits per heavy atom. The Labute approximate surface area is 138 Å². The van der Waals surface area contributed by atoms with Crippen LogP contribution in [0.25, 0.3) is 11.3 Å². The molecule has 1 heterocycles. The predicted octanol–water partition coefficient (Wildman–Crippen LogP) is 3.89. The summed E-state index contributed by atoms with van der Waals surface area (Å²) in [5.41, 5.74) is 1.53. The van der Waals surface area contributed by atoms with Crippen molar-refractivity contribution < 1.29 is 9.66 Å². The van der Waals surface area contributed by atoms with Crippen LogP contribution in [0.2, 0.25) is 0 Å². The van der Waals surface area contributed by atoms with Gasteiger partial charge in [-0.25, -0.2) is 9.97 Å². The number of nitro groups is 1. The summed E-state index contributed by atoms with van der Waals surface area (Å²) >= 11 is 0. The molecule has 0 saturated heterocycles. The van der Waals surface area contributed by atoms with Crippen LogP contribution in [-0.4, -0.2) is 21.9 Å². The summed E-state index contributed by atoms with van der Waals surface area (Å²) in [6.45, 7) is 0. The first-order chi connectivity index (χ1) is 11.7. The normalized spacial score (nSPS) is 10.2. The molecular formula is C17H14N4O3. The smallest absolute Gasteiger partial charge is 0.269 e. The lowest BCUT2D eigenvalue weighted by Crippen LogP contribution is -1.97. The molecule has 0 saturated carbocycles. The third-order valence-corrected chi connectivity index (χ3v) is 3.32. The second-order valence-electron chi connectivity index (χ2n) is 4.86. The highest BCUT2D eigenvalue weighted by Gasteiger charge is 2.10. The number of nitrogens with one attached hydrogen (secondary N) is 1. The van der Waals surface area contributed by atoms with Crippen molar-refractivity contribution in [2.24, 2.45) is 0 Å². The molecule has 0 spiro atoms. The molecule has 0 fully saturated rings. The van der Waals surface area contributed by atoms with Crippen molar-refractivity contribution in [3.05, 3.63) is 70.9 Å². The summed E-state index contributed by atoms with van der Waals surface area (Å²) < 4.78 is 5.87. The Morgan fingerprint density at radius 1 is 1.08 bits per heavy atom. The zero-order valence-corrected chi connectivity index (χ0v) is 12.8. The van der Waals surface area contributed by atoms with Crippen LogP contribution in [0.15, 0.2) is 60.8 Å². The van der Waals surface area contributed by atoms with Crippen LogP contribution >= 0.6 is 0 Å². The first kappa shape index (κ1) is 15.4. The average Bonchev–Trinajstić information content (AvgIpc) is 2.62. The largest absolute Gasteiger partial charge is 0.457 e. The molecule has 24 heavy (non-hydrogen) atoms. The van der Waals surface area contributed by atoms with Crippen molar-refractivity contribution >= 4 is 11.6 Å². The Balaban J connectivity index is 1.93. The summed E-state index contributed by atoms with van der Waals surface area (Å²) in [6, 6.07) is 15.2. The number of benzene rings is 2. The highest BCUT2D eigenvalue weighted by atomic mass is 16.6. The molecule has 0 unspecified atom stereocenters. The molecule has 3 rings (SSSR count). The molecule has 0 radical (unpaired) electrons. The highest BCUT2D eigenvalue weighted by Crippen LogP contribution is 2.32. The molecule has 7 nitrogen and oxygen atoms in total. The fourth-order valence-corrected chi connectivity index (χ4v) is 2.16. The number of non-ortho nitro benzene ring substituents is 1. The number of ether oxygens (including phenoxy) is 1. The van der Waals surface area contributed by atoms with Crippen LogP contribution in [0.3, 0.4) is 0 Å². The van der Waals surface area contributed by atoms with Crippen molar-refractivity contribution in [2.45, 2.75) is 0 Å². The molecule has 2 aromatic carbocycles. The van der Waals surface area contributed by atoms with E-state index in [0.29, 0.717) is 23.1 Å². The Morgan fingerprint density at radius 3 is 2.54 bits per heavy atom. The number of hydrogen-bond donors (Lipinski definition) is 1. The van der Waals surface area contributed by atoms with E-state index in [4.69, 9.17) is 4.74 Å². The van der Waals surface area contributed by atoms with E-state index in [-0.39, 0.29) is 5.69 Å². The molecule has 0 amide bonds. The molecule has 120 valence electrons. The summed E-state index contributed by atoms with van der Waals surface area (Å²) in [4.78, 5) is 18.8. The molecule has 1 aromatic heterocycles. The molecule has 0 atom stereocenters. The predicted molar refractivity (Wildman–Crippen MR) is 90.2 cm³/mol.